The molecule has 180 valence electrons. The first-order valence-corrected chi connectivity index (χ1v) is 12.6. The Morgan fingerprint density at radius 3 is 2.31 bits per heavy atom. The first-order valence-electron chi connectivity index (χ1n) is 11.4. The Kier molecular flexibility index (Phi) is 8.10. The summed E-state index contributed by atoms with van der Waals surface area (Å²) in [7, 11) is 0. The Hall–Kier alpha value is -3.29. The first-order chi connectivity index (χ1) is 17.0. The fourth-order valence-electron chi connectivity index (χ4n) is 3.74. The Morgan fingerprint density at radius 2 is 1.60 bits per heavy atom. The van der Waals surface area contributed by atoms with Crippen LogP contribution < -0.4 is 19.1 Å². The van der Waals surface area contributed by atoms with E-state index in [1.54, 1.807) is 4.90 Å². The SMILES string of the molecule is CCOc1cc(/C=C2\SC(=S)N(c3ccccc3)C2=O)ccc1OCCOc1c(C)cccc1C. The van der Waals surface area contributed by atoms with Gasteiger partial charge in [0.05, 0.1) is 17.2 Å². The summed E-state index contributed by atoms with van der Waals surface area (Å²) in [4.78, 5) is 15.1. The molecule has 3 aromatic carbocycles. The van der Waals surface area contributed by atoms with Crippen molar-refractivity contribution < 1.29 is 19.0 Å². The number of rotatable bonds is 9. The number of para-hydroxylation sites is 2. The number of anilines is 1. The van der Waals surface area contributed by atoms with Gasteiger partial charge in [-0.3, -0.25) is 9.69 Å². The molecule has 1 saturated heterocycles. The van der Waals surface area contributed by atoms with Gasteiger partial charge in [-0.15, -0.1) is 0 Å². The van der Waals surface area contributed by atoms with Crippen LogP contribution in [0.5, 0.6) is 17.2 Å². The third kappa shape index (κ3) is 5.86. The fraction of sp³-hybridized carbons (Fsp3) is 0.214. The number of thiocarbonyl (C=S) groups is 1. The smallest absolute Gasteiger partial charge is 0.270 e. The Bertz CT molecular complexity index is 1240. The number of hydrogen-bond acceptors (Lipinski definition) is 6. The largest absolute Gasteiger partial charge is 0.490 e. The summed E-state index contributed by atoms with van der Waals surface area (Å²) >= 11 is 6.75. The number of nitrogens with zero attached hydrogens (tertiary/aromatic N) is 1. The zero-order chi connectivity index (χ0) is 24.8. The number of thioether (sulfide) groups is 1. The molecule has 5 nitrogen and oxygen atoms in total. The molecule has 0 N–H and O–H groups in total. The van der Waals surface area contributed by atoms with Gasteiger partial charge in [-0.2, -0.15) is 0 Å². The highest BCUT2D eigenvalue weighted by atomic mass is 32.2. The Labute approximate surface area is 215 Å². The molecule has 3 aromatic rings. The molecule has 1 aliphatic heterocycles. The van der Waals surface area contributed by atoms with E-state index in [-0.39, 0.29) is 5.91 Å². The van der Waals surface area contributed by atoms with Crippen LogP contribution in [0.15, 0.2) is 71.6 Å². The second-order valence-electron chi connectivity index (χ2n) is 7.91. The highest BCUT2D eigenvalue weighted by Crippen LogP contribution is 2.37. The van der Waals surface area contributed by atoms with Crippen LogP contribution in [-0.4, -0.2) is 30.0 Å². The van der Waals surface area contributed by atoms with Gasteiger partial charge in [0.15, 0.2) is 15.8 Å². The van der Waals surface area contributed by atoms with Crippen LogP contribution in [0, 0.1) is 13.8 Å². The van der Waals surface area contributed by atoms with Crippen molar-refractivity contribution in [2.24, 2.45) is 0 Å². The summed E-state index contributed by atoms with van der Waals surface area (Å²) in [5, 5.41) is 0. The molecular weight excluding hydrogens is 478 g/mol. The molecule has 0 radical (unpaired) electrons. The maximum atomic E-state index is 13.0. The van der Waals surface area contributed by atoms with Crippen LogP contribution in [0.25, 0.3) is 6.08 Å². The molecule has 4 rings (SSSR count). The lowest BCUT2D eigenvalue weighted by atomic mass is 10.1. The van der Waals surface area contributed by atoms with Crippen LogP contribution in [0.3, 0.4) is 0 Å². The summed E-state index contributed by atoms with van der Waals surface area (Å²) in [6.07, 6.45) is 1.83. The van der Waals surface area contributed by atoms with Gasteiger partial charge in [0.25, 0.3) is 5.91 Å². The molecule has 1 heterocycles. The second kappa shape index (κ2) is 11.4. The van der Waals surface area contributed by atoms with E-state index in [4.69, 9.17) is 26.4 Å². The van der Waals surface area contributed by atoms with Gasteiger partial charge < -0.3 is 14.2 Å². The van der Waals surface area contributed by atoms with Crippen molar-refractivity contribution in [2.45, 2.75) is 20.8 Å². The van der Waals surface area contributed by atoms with Gasteiger partial charge in [-0.1, -0.05) is 66.4 Å². The minimum absolute atomic E-state index is 0.131. The van der Waals surface area contributed by atoms with Crippen LogP contribution in [0.1, 0.15) is 23.6 Å². The van der Waals surface area contributed by atoms with Gasteiger partial charge >= 0.3 is 0 Å². The van der Waals surface area contributed by atoms with Crippen molar-refractivity contribution in [2.75, 3.05) is 24.7 Å². The monoisotopic (exact) mass is 505 g/mol. The van der Waals surface area contributed by atoms with Crippen molar-refractivity contribution in [3.8, 4) is 17.2 Å². The van der Waals surface area contributed by atoms with Gasteiger partial charge in [0.1, 0.15) is 19.0 Å². The van der Waals surface area contributed by atoms with E-state index in [0.29, 0.717) is 40.5 Å². The van der Waals surface area contributed by atoms with Crippen LogP contribution in [0.2, 0.25) is 0 Å². The van der Waals surface area contributed by atoms with Gasteiger partial charge in [-0.25, -0.2) is 0 Å². The summed E-state index contributed by atoms with van der Waals surface area (Å²) in [6.45, 7) is 7.27. The van der Waals surface area contributed by atoms with Crippen molar-refractivity contribution in [3.63, 3.8) is 0 Å². The zero-order valence-electron chi connectivity index (χ0n) is 19.9. The number of ether oxygens (including phenoxy) is 3. The normalized spacial score (nSPS) is 14.5. The molecule has 7 heteroatoms. The van der Waals surface area contributed by atoms with Crippen LogP contribution in [0.4, 0.5) is 5.69 Å². The number of hydrogen-bond donors (Lipinski definition) is 0. The molecule has 0 atom stereocenters. The number of carbonyl (C=O) groups is 1. The number of aryl methyl sites for hydroxylation is 2. The fourth-order valence-corrected chi connectivity index (χ4v) is 5.04. The van der Waals surface area contributed by atoms with Gasteiger partial charge in [0, 0.05) is 0 Å². The molecule has 0 spiro atoms. The van der Waals surface area contributed by atoms with Crippen LogP contribution >= 0.6 is 24.0 Å². The van der Waals surface area contributed by atoms with Crippen molar-refractivity contribution in [1.29, 1.82) is 0 Å². The molecular formula is C28H27NO4S2. The third-order valence-corrected chi connectivity index (χ3v) is 6.67. The van der Waals surface area contributed by atoms with E-state index < -0.39 is 0 Å². The lowest BCUT2D eigenvalue weighted by Crippen LogP contribution is -2.27. The van der Waals surface area contributed by atoms with E-state index in [1.807, 2.05) is 93.6 Å². The Morgan fingerprint density at radius 1 is 0.886 bits per heavy atom. The zero-order valence-corrected chi connectivity index (χ0v) is 21.6. The minimum Gasteiger partial charge on any atom is -0.490 e. The predicted octanol–water partition coefficient (Wildman–Crippen LogP) is 6.57. The first kappa shape index (κ1) is 24.8. The van der Waals surface area contributed by atoms with E-state index in [9.17, 15) is 4.79 Å². The topological polar surface area (TPSA) is 48.0 Å². The summed E-state index contributed by atoms with van der Waals surface area (Å²) < 4.78 is 18.2. The maximum Gasteiger partial charge on any atom is 0.270 e. The lowest BCUT2D eigenvalue weighted by molar-refractivity contribution is -0.113. The van der Waals surface area contributed by atoms with E-state index >= 15 is 0 Å². The van der Waals surface area contributed by atoms with Gasteiger partial charge in [-0.05, 0) is 67.8 Å². The number of benzene rings is 3. The van der Waals surface area contributed by atoms with E-state index in [2.05, 4.69) is 0 Å². The number of carbonyl (C=O) groups excluding carboxylic acids is 1. The average molecular weight is 506 g/mol. The van der Waals surface area contributed by atoms with Gasteiger partial charge in [0.2, 0.25) is 0 Å². The summed E-state index contributed by atoms with van der Waals surface area (Å²) in [5.74, 6) is 2.01. The van der Waals surface area contributed by atoms with Crippen molar-refractivity contribution in [1.82, 2.24) is 0 Å². The third-order valence-electron chi connectivity index (χ3n) is 5.37. The molecule has 0 aliphatic carbocycles. The minimum atomic E-state index is -0.131. The molecule has 0 saturated carbocycles. The standard InChI is InChI=1S/C28H27NO4S2/c1-4-31-24-17-21(18-25-27(30)29(28(34)35-25)22-11-6-5-7-12-22)13-14-23(24)32-15-16-33-26-19(2)9-8-10-20(26)3/h5-14,17-18H,4,15-16H2,1-3H3/b25-18-. The van der Waals surface area contributed by atoms with E-state index in [0.717, 1.165) is 28.1 Å². The highest BCUT2D eigenvalue weighted by Gasteiger charge is 2.33. The number of amides is 1. The molecule has 1 amide bonds. The lowest BCUT2D eigenvalue weighted by Gasteiger charge is -2.15. The Balaban J connectivity index is 1.45. The van der Waals surface area contributed by atoms with Crippen molar-refractivity contribution in [3.05, 3.63) is 88.3 Å². The molecule has 0 bridgehead atoms. The van der Waals surface area contributed by atoms with Crippen LogP contribution in [-0.2, 0) is 4.79 Å². The molecule has 1 aliphatic rings. The second-order valence-corrected chi connectivity index (χ2v) is 9.59. The summed E-state index contributed by atoms with van der Waals surface area (Å²) in [6, 6.07) is 21.1. The molecule has 0 unspecified atom stereocenters. The maximum absolute atomic E-state index is 13.0. The quantitative estimate of drug-likeness (QED) is 0.186. The highest BCUT2D eigenvalue weighted by molar-refractivity contribution is 8.27. The average Bonchev–Trinajstić information content (AvgIpc) is 3.12. The molecule has 0 aromatic heterocycles. The molecule has 35 heavy (non-hydrogen) atoms. The predicted molar refractivity (Wildman–Crippen MR) is 147 cm³/mol. The summed E-state index contributed by atoms with van der Waals surface area (Å²) in [5.41, 5.74) is 3.80. The van der Waals surface area contributed by atoms with Crippen molar-refractivity contribution >= 4 is 46.0 Å². The molecule has 1 fully saturated rings. The van der Waals surface area contributed by atoms with E-state index in [1.165, 1.54) is 11.8 Å².